The summed E-state index contributed by atoms with van der Waals surface area (Å²) in [4.78, 5) is 12.0. The van der Waals surface area contributed by atoms with Crippen LogP contribution < -0.4 is 0 Å². The summed E-state index contributed by atoms with van der Waals surface area (Å²) in [5, 5.41) is 0. The van der Waals surface area contributed by atoms with E-state index >= 15 is 0 Å². The monoisotopic (exact) mass is 281 g/mol. The van der Waals surface area contributed by atoms with Gasteiger partial charge in [-0.2, -0.15) is 4.31 Å². The van der Waals surface area contributed by atoms with Gasteiger partial charge in [0.15, 0.2) is 0 Å². The van der Waals surface area contributed by atoms with Crippen LogP contribution in [0.3, 0.4) is 0 Å². The fourth-order valence-corrected chi connectivity index (χ4v) is 3.80. The maximum atomic E-state index is 12.5. The standard InChI is InChI=1S/C14H19NO3S/c1-3-12-10-15(9-8-14(12)16)19(17,18)13-6-4-11(2)5-7-13/h4-7,12H,3,8-10H2,1-2H3. The van der Waals surface area contributed by atoms with Gasteiger partial charge in [0.1, 0.15) is 5.78 Å². The zero-order valence-corrected chi connectivity index (χ0v) is 12.1. The van der Waals surface area contributed by atoms with E-state index in [1.54, 1.807) is 24.3 Å². The number of piperidine rings is 1. The maximum Gasteiger partial charge on any atom is 0.243 e. The topological polar surface area (TPSA) is 54.5 Å². The Balaban J connectivity index is 2.25. The molecule has 4 nitrogen and oxygen atoms in total. The summed E-state index contributed by atoms with van der Waals surface area (Å²) < 4.78 is 26.4. The van der Waals surface area contributed by atoms with Gasteiger partial charge in [0, 0.05) is 25.4 Å². The predicted octanol–water partition coefficient (Wildman–Crippen LogP) is 1.98. The summed E-state index contributed by atoms with van der Waals surface area (Å²) in [7, 11) is -3.46. The highest BCUT2D eigenvalue weighted by Crippen LogP contribution is 2.23. The summed E-state index contributed by atoms with van der Waals surface area (Å²) in [6.45, 7) is 4.45. The molecule has 0 aliphatic carbocycles. The molecule has 1 unspecified atom stereocenters. The van der Waals surface area contributed by atoms with Gasteiger partial charge in [0.25, 0.3) is 0 Å². The van der Waals surface area contributed by atoms with E-state index < -0.39 is 10.0 Å². The minimum atomic E-state index is -3.46. The van der Waals surface area contributed by atoms with Gasteiger partial charge in [-0.05, 0) is 25.5 Å². The first-order valence-electron chi connectivity index (χ1n) is 6.54. The summed E-state index contributed by atoms with van der Waals surface area (Å²) >= 11 is 0. The molecular formula is C14H19NO3S. The number of hydrogen-bond donors (Lipinski definition) is 0. The highest BCUT2D eigenvalue weighted by molar-refractivity contribution is 7.89. The molecule has 1 aliphatic heterocycles. The number of carbonyl (C=O) groups excluding carboxylic acids is 1. The number of benzene rings is 1. The fourth-order valence-electron chi connectivity index (χ4n) is 2.31. The minimum absolute atomic E-state index is 0.158. The van der Waals surface area contributed by atoms with Crippen LogP contribution in [0.25, 0.3) is 0 Å². The minimum Gasteiger partial charge on any atom is -0.299 e. The van der Waals surface area contributed by atoms with Crippen LogP contribution in [-0.2, 0) is 14.8 Å². The third kappa shape index (κ3) is 2.87. The average molecular weight is 281 g/mol. The van der Waals surface area contributed by atoms with Crippen LogP contribution in [0.4, 0.5) is 0 Å². The molecule has 0 aromatic heterocycles. The van der Waals surface area contributed by atoms with E-state index in [-0.39, 0.29) is 11.7 Å². The van der Waals surface area contributed by atoms with Gasteiger partial charge in [-0.3, -0.25) is 4.79 Å². The Labute approximate surface area is 114 Å². The molecule has 1 aromatic rings. The van der Waals surface area contributed by atoms with E-state index in [9.17, 15) is 13.2 Å². The molecule has 0 saturated carbocycles. The number of hydrogen-bond acceptors (Lipinski definition) is 3. The molecule has 1 aliphatic rings. The molecule has 0 N–H and O–H groups in total. The van der Waals surface area contributed by atoms with Crippen molar-refractivity contribution >= 4 is 15.8 Å². The Morgan fingerprint density at radius 3 is 2.47 bits per heavy atom. The molecule has 5 heteroatoms. The van der Waals surface area contributed by atoms with Crippen LogP contribution in [0.1, 0.15) is 25.3 Å². The molecule has 0 bridgehead atoms. The van der Waals surface area contributed by atoms with E-state index in [1.165, 1.54) is 4.31 Å². The molecule has 1 heterocycles. The largest absolute Gasteiger partial charge is 0.299 e. The number of sulfonamides is 1. The van der Waals surface area contributed by atoms with Gasteiger partial charge in [-0.1, -0.05) is 24.6 Å². The van der Waals surface area contributed by atoms with Crippen molar-refractivity contribution < 1.29 is 13.2 Å². The van der Waals surface area contributed by atoms with Gasteiger partial charge < -0.3 is 0 Å². The number of nitrogens with zero attached hydrogens (tertiary/aromatic N) is 1. The van der Waals surface area contributed by atoms with Gasteiger partial charge >= 0.3 is 0 Å². The lowest BCUT2D eigenvalue weighted by Gasteiger charge is -2.30. The summed E-state index contributed by atoms with van der Waals surface area (Å²) in [5.74, 6) is 0.0202. The van der Waals surface area contributed by atoms with Crippen LogP contribution in [0.2, 0.25) is 0 Å². The zero-order valence-electron chi connectivity index (χ0n) is 11.3. The molecule has 1 aromatic carbocycles. The smallest absolute Gasteiger partial charge is 0.243 e. The molecular weight excluding hydrogens is 262 g/mol. The highest BCUT2D eigenvalue weighted by Gasteiger charge is 2.33. The lowest BCUT2D eigenvalue weighted by molar-refractivity contribution is -0.125. The maximum absolute atomic E-state index is 12.5. The number of ketones is 1. The van der Waals surface area contributed by atoms with E-state index in [4.69, 9.17) is 0 Å². The Hall–Kier alpha value is -1.20. The Morgan fingerprint density at radius 1 is 1.26 bits per heavy atom. The molecule has 1 saturated heterocycles. The normalized spacial score (nSPS) is 21.6. The van der Waals surface area contributed by atoms with Crippen molar-refractivity contribution in [2.75, 3.05) is 13.1 Å². The van der Waals surface area contributed by atoms with Gasteiger partial charge in [-0.25, -0.2) is 8.42 Å². The fraction of sp³-hybridized carbons (Fsp3) is 0.500. The van der Waals surface area contributed by atoms with Crippen LogP contribution in [0, 0.1) is 12.8 Å². The second-order valence-corrected chi connectivity index (χ2v) is 6.94. The zero-order chi connectivity index (χ0) is 14.0. The van der Waals surface area contributed by atoms with Crippen molar-refractivity contribution in [3.8, 4) is 0 Å². The molecule has 2 rings (SSSR count). The quantitative estimate of drug-likeness (QED) is 0.851. The summed E-state index contributed by atoms with van der Waals surface area (Å²) in [5.41, 5.74) is 1.03. The van der Waals surface area contributed by atoms with E-state index in [1.807, 2.05) is 13.8 Å². The van der Waals surface area contributed by atoms with Crippen LogP contribution >= 0.6 is 0 Å². The highest BCUT2D eigenvalue weighted by atomic mass is 32.2. The van der Waals surface area contributed by atoms with E-state index in [2.05, 4.69) is 0 Å². The molecule has 104 valence electrons. The molecule has 1 fully saturated rings. The van der Waals surface area contributed by atoms with E-state index in [0.717, 1.165) is 5.56 Å². The lowest BCUT2D eigenvalue weighted by atomic mass is 9.96. The lowest BCUT2D eigenvalue weighted by Crippen LogP contribution is -2.43. The van der Waals surface area contributed by atoms with Crippen LogP contribution in [-0.4, -0.2) is 31.6 Å². The second-order valence-electron chi connectivity index (χ2n) is 5.00. The Morgan fingerprint density at radius 2 is 1.89 bits per heavy atom. The van der Waals surface area contributed by atoms with Gasteiger partial charge in [0.2, 0.25) is 10.0 Å². The summed E-state index contributed by atoms with van der Waals surface area (Å²) in [6, 6.07) is 6.84. The molecule has 0 spiro atoms. The first-order valence-corrected chi connectivity index (χ1v) is 7.98. The van der Waals surface area contributed by atoms with Crippen molar-refractivity contribution in [1.82, 2.24) is 4.31 Å². The van der Waals surface area contributed by atoms with Crippen molar-refractivity contribution in [3.05, 3.63) is 29.8 Å². The number of aryl methyl sites for hydroxylation is 1. The van der Waals surface area contributed by atoms with Crippen LogP contribution in [0.15, 0.2) is 29.2 Å². The second kappa shape index (κ2) is 5.43. The first-order chi connectivity index (χ1) is 8.95. The third-order valence-electron chi connectivity index (χ3n) is 3.64. The number of Topliss-reactive ketones (excluding diaryl/α,β-unsaturated/α-hetero) is 1. The van der Waals surface area contributed by atoms with Crippen molar-refractivity contribution in [2.45, 2.75) is 31.6 Å². The van der Waals surface area contributed by atoms with Crippen molar-refractivity contribution in [3.63, 3.8) is 0 Å². The number of rotatable bonds is 3. The molecule has 0 radical (unpaired) electrons. The Bertz CT molecular complexity index is 563. The van der Waals surface area contributed by atoms with Crippen molar-refractivity contribution in [1.29, 1.82) is 0 Å². The van der Waals surface area contributed by atoms with Gasteiger partial charge in [0.05, 0.1) is 4.90 Å². The molecule has 1 atom stereocenters. The third-order valence-corrected chi connectivity index (χ3v) is 5.52. The molecule has 0 amide bonds. The van der Waals surface area contributed by atoms with Crippen molar-refractivity contribution in [2.24, 2.45) is 5.92 Å². The number of carbonyl (C=O) groups is 1. The summed E-state index contributed by atoms with van der Waals surface area (Å²) in [6.07, 6.45) is 1.02. The SMILES string of the molecule is CCC1CN(S(=O)(=O)c2ccc(C)cc2)CCC1=O. The first kappa shape index (κ1) is 14.2. The van der Waals surface area contributed by atoms with Gasteiger partial charge in [-0.15, -0.1) is 0 Å². The Kier molecular flexibility index (Phi) is 4.06. The van der Waals surface area contributed by atoms with E-state index in [0.29, 0.717) is 30.8 Å². The predicted molar refractivity (Wildman–Crippen MR) is 73.3 cm³/mol. The van der Waals surface area contributed by atoms with Crippen LogP contribution in [0.5, 0.6) is 0 Å². The average Bonchev–Trinajstić information content (AvgIpc) is 2.39. The molecule has 19 heavy (non-hydrogen) atoms.